The number of imidazole rings is 1. The van der Waals surface area contributed by atoms with Crippen LogP contribution in [-0.4, -0.2) is 37.9 Å². The minimum absolute atomic E-state index is 0.0900. The van der Waals surface area contributed by atoms with Crippen molar-refractivity contribution in [1.29, 1.82) is 0 Å². The SMILES string of the molecule is CC(C)n1c(-c2nonc2N)nc2c(-c3ccccc3)ncc(NCCCN)c21. The third-order valence-corrected chi connectivity index (χ3v) is 4.70. The van der Waals surface area contributed by atoms with Crippen molar-refractivity contribution in [2.75, 3.05) is 24.1 Å². The molecule has 4 aromatic rings. The summed E-state index contributed by atoms with van der Waals surface area (Å²) in [5.41, 5.74) is 16.4. The van der Waals surface area contributed by atoms with Gasteiger partial charge in [-0.15, -0.1) is 0 Å². The summed E-state index contributed by atoms with van der Waals surface area (Å²) in [5.74, 6) is 0.801. The summed E-state index contributed by atoms with van der Waals surface area (Å²) < 4.78 is 6.92. The monoisotopic (exact) mass is 392 g/mol. The quantitative estimate of drug-likeness (QED) is 0.409. The molecule has 4 rings (SSSR count). The third-order valence-electron chi connectivity index (χ3n) is 4.70. The molecule has 3 aromatic heterocycles. The predicted molar refractivity (Wildman–Crippen MR) is 113 cm³/mol. The topological polar surface area (TPSA) is 134 Å². The van der Waals surface area contributed by atoms with Crippen molar-refractivity contribution in [3.05, 3.63) is 36.5 Å². The number of nitrogens with one attached hydrogen (secondary N) is 1. The van der Waals surface area contributed by atoms with E-state index < -0.39 is 0 Å². The van der Waals surface area contributed by atoms with E-state index >= 15 is 0 Å². The zero-order chi connectivity index (χ0) is 20.4. The number of hydrogen-bond donors (Lipinski definition) is 3. The van der Waals surface area contributed by atoms with Crippen LogP contribution in [0, 0.1) is 0 Å². The minimum atomic E-state index is 0.0900. The number of benzene rings is 1. The van der Waals surface area contributed by atoms with Crippen LogP contribution in [0.4, 0.5) is 11.5 Å². The lowest BCUT2D eigenvalue weighted by Crippen LogP contribution is -2.11. The summed E-state index contributed by atoms with van der Waals surface area (Å²) in [5, 5.41) is 11.1. The molecule has 0 radical (unpaired) electrons. The number of nitrogens with zero attached hydrogens (tertiary/aromatic N) is 5. The predicted octanol–water partition coefficient (Wildman–Crippen LogP) is 3.07. The van der Waals surface area contributed by atoms with Gasteiger partial charge in [-0.2, -0.15) is 0 Å². The molecule has 5 N–H and O–H groups in total. The molecule has 9 nitrogen and oxygen atoms in total. The van der Waals surface area contributed by atoms with Gasteiger partial charge in [-0.3, -0.25) is 4.98 Å². The molecule has 0 bridgehead atoms. The standard InChI is InChI=1S/C20H24N8O/c1-12(2)28-18-14(23-10-6-9-21)11-24-15(13-7-4-3-5-8-13)16(18)25-20(28)17-19(22)27-29-26-17/h3-5,7-8,11-12,23H,6,9-10,21H2,1-2H3,(H2,22,27). The van der Waals surface area contributed by atoms with Gasteiger partial charge in [0, 0.05) is 18.2 Å². The first kappa shape index (κ1) is 18.9. The molecule has 0 aliphatic heterocycles. The highest BCUT2D eigenvalue weighted by Crippen LogP contribution is 2.37. The van der Waals surface area contributed by atoms with E-state index in [0.717, 1.165) is 40.9 Å². The van der Waals surface area contributed by atoms with Gasteiger partial charge in [0.2, 0.25) is 0 Å². The van der Waals surface area contributed by atoms with Gasteiger partial charge in [0.1, 0.15) is 5.52 Å². The lowest BCUT2D eigenvalue weighted by Gasteiger charge is -2.16. The Labute approximate surface area is 168 Å². The summed E-state index contributed by atoms with van der Waals surface area (Å²) in [6.07, 6.45) is 2.70. The number of hydrogen-bond acceptors (Lipinski definition) is 8. The highest BCUT2D eigenvalue weighted by Gasteiger charge is 2.25. The van der Waals surface area contributed by atoms with Gasteiger partial charge >= 0.3 is 0 Å². The molecular formula is C20H24N8O. The average molecular weight is 392 g/mol. The van der Waals surface area contributed by atoms with Crippen molar-refractivity contribution in [1.82, 2.24) is 24.8 Å². The highest BCUT2D eigenvalue weighted by atomic mass is 16.6. The molecule has 0 saturated heterocycles. The van der Waals surface area contributed by atoms with Crippen molar-refractivity contribution in [3.8, 4) is 22.8 Å². The van der Waals surface area contributed by atoms with Crippen LogP contribution in [0.3, 0.4) is 0 Å². The van der Waals surface area contributed by atoms with E-state index in [1.807, 2.05) is 36.5 Å². The summed E-state index contributed by atoms with van der Waals surface area (Å²) in [7, 11) is 0. The number of nitrogen functional groups attached to an aromatic ring is 1. The normalized spacial score (nSPS) is 11.4. The Hall–Kier alpha value is -3.46. The molecule has 0 atom stereocenters. The van der Waals surface area contributed by atoms with Crippen LogP contribution in [0.15, 0.2) is 41.2 Å². The Bertz CT molecular complexity index is 1120. The number of rotatable bonds is 7. The minimum Gasteiger partial charge on any atom is -0.382 e. The fraction of sp³-hybridized carbons (Fsp3) is 0.300. The largest absolute Gasteiger partial charge is 0.382 e. The van der Waals surface area contributed by atoms with Gasteiger partial charge in [-0.1, -0.05) is 30.3 Å². The third kappa shape index (κ3) is 3.40. The first-order valence-electron chi connectivity index (χ1n) is 9.60. The summed E-state index contributed by atoms with van der Waals surface area (Å²) in [6, 6.07) is 10.1. The van der Waals surface area contributed by atoms with Crippen LogP contribution >= 0.6 is 0 Å². The van der Waals surface area contributed by atoms with E-state index in [9.17, 15) is 0 Å². The maximum Gasteiger partial charge on any atom is 0.199 e. The maximum absolute atomic E-state index is 5.98. The molecule has 0 aliphatic carbocycles. The van der Waals surface area contributed by atoms with E-state index in [1.165, 1.54) is 0 Å². The molecule has 150 valence electrons. The Morgan fingerprint density at radius 3 is 2.59 bits per heavy atom. The summed E-state index contributed by atoms with van der Waals surface area (Å²) >= 11 is 0. The van der Waals surface area contributed by atoms with E-state index in [2.05, 4.69) is 34.0 Å². The van der Waals surface area contributed by atoms with E-state index in [0.29, 0.717) is 18.1 Å². The van der Waals surface area contributed by atoms with Crippen molar-refractivity contribution in [2.24, 2.45) is 5.73 Å². The second-order valence-corrected chi connectivity index (χ2v) is 7.05. The number of anilines is 2. The van der Waals surface area contributed by atoms with Gasteiger partial charge < -0.3 is 21.4 Å². The lowest BCUT2D eigenvalue weighted by molar-refractivity contribution is 0.310. The Kier molecular flexibility index (Phi) is 5.13. The molecule has 3 heterocycles. The maximum atomic E-state index is 5.98. The van der Waals surface area contributed by atoms with Crippen molar-refractivity contribution < 1.29 is 4.63 Å². The van der Waals surface area contributed by atoms with Crippen molar-refractivity contribution >= 4 is 22.5 Å². The zero-order valence-corrected chi connectivity index (χ0v) is 16.5. The first-order chi connectivity index (χ1) is 14.1. The second kappa shape index (κ2) is 7.88. The van der Waals surface area contributed by atoms with Crippen LogP contribution in [-0.2, 0) is 0 Å². The molecule has 1 aromatic carbocycles. The summed E-state index contributed by atoms with van der Waals surface area (Å²) in [4.78, 5) is 9.61. The molecule has 0 saturated carbocycles. The van der Waals surface area contributed by atoms with Gasteiger partial charge in [0.15, 0.2) is 17.3 Å². The van der Waals surface area contributed by atoms with Gasteiger partial charge in [-0.25, -0.2) is 9.61 Å². The van der Waals surface area contributed by atoms with Crippen molar-refractivity contribution in [2.45, 2.75) is 26.3 Å². The smallest absolute Gasteiger partial charge is 0.199 e. The zero-order valence-electron chi connectivity index (χ0n) is 16.5. The molecule has 0 fully saturated rings. The van der Waals surface area contributed by atoms with Crippen LogP contribution in [0.1, 0.15) is 26.3 Å². The number of aromatic nitrogens is 5. The van der Waals surface area contributed by atoms with E-state index in [1.54, 1.807) is 0 Å². The Morgan fingerprint density at radius 2 is 1.93 bits per heavy atom. The molecule has 0 spiro atoms. The van der Waals surface area contributed by atoms with Crippen molar-refractivity contribution in [3.63, 3.8) is 0 Å². The first-order valence-corrected chi connectivity index (χ1v) is 9.60. The molecule has 9 heteroatoms. The molecule has 0 aliphatic rings. The van der Waals surface area contributed by atoms with Crippen LogP contribution < -0.4 is 16.8 Å². The molecule has 0 amide bonds. The highest BCUT2D eigenvalue weighted by molar-refractivity contribution is 5.99. The average Bonchev–Trinajstić information content (AvgIpc) is 3.32. The molecular weight excluding hydrogens is 368 g/mol. The van der Waals surface area contributed by atoms with Crippen LogP contribution in [0.25, 0.3) is 33.8 Å². The fourth-order valence-electron chi connectivity index (χ4n) is 3.39. The molecule has 0 unspecified atom stereocenters. The number of pyridine rings is 1. The number of nitrogens with two attached hydrogens (primary N) is 2. The van der Waals surface area contributed by atoms with E-state index in [4.69, 9.17) is 26.1 Å². The van der Waals surface area contributed by atoms with Crippen LogP contribution in [0.5, 0.6) is 0 Å². The Balaban J connectivity index is 2.01. The second-order valence-electron chi connectivity index (χ2n) is 7.05. The molecule has 29 heavy (non-hydrogen) atoms. The summed E-state index contributed by atoms with van der Waals surface area (Å²) in [6.45, 7) is 5.52. The van der Waals surface area contributed by atoms with Gasteiger partial charge in [0.25, 0.3) is 0 Å². The lowest BCUT2D eigenvalue weighted by atomic mass is 10.1. The van der Waals surface area contributed by atoms with Gasteiger partial charge in [0.05, 0.1) is 23.1 Å². The van der Waals surface area contributed by atoms with Gasteiger partial charge in [-0.05, 0) is 37.1 Å². The fourth-order valence-corrected chi connectivity index (χ4v) is 3.39. The number of fused-ring (bicyclic) bond motifs is 1. The van der Waals surface area contributed by atoms with E-state index in [-0.39, 0.29) is 11.9 Å². The Morgan fingerprint density at radius 1 is 1.14 bits per heavy atom. The van der Waals surface area contributed by atoms with Crippen LogP contribution in [0.2, 0.25) is 0 Å².